The van der Waals surface area contributed by atoms with E-state index in [0.29, 0.717) is 24.9 Å². The highest BCUT2D eigenvalue weighted by Crippen LogP contribution is 2.35. The van der Waals surface area contributed by atoms with Gasteiger partial charge in [-0.3, -0.25) is 0 Å². The van der Waals surface area contributed by atoms with E-state index in [-0.39, 0.29) is 18.2 Å². The average Bonchev–Trinajstić information content (AvgIpc) is 2.71. The van der Waals surface area contributed by atoms with E-state index in [1.807, 2.05) is 26.1 Å². The lowest BCUT2D eigenvalue weighted by molar-refractivity contribution is 0.409. The maximum atomic E-state index is 11.8. The minimum atomic E-state index is -3.13. The van der Waals surface area contributed by atoms with Crippen LogP contribution in [0.3, 0.4) is 0 Å². The highest BCUT2D eigenvalue weighted by Gasteiger charge is 2.29. The van der Waals surface area contributed by atoms with Crippen LogP contribution in [0.5, 0.6) is 0 Å². The van der Waals surface area contributed by atoms with E-state index in [1.54, 1.807) is 0 Å². The maximum absolute atomic E-state index is 11.8. The summed E-state index contributed by atoms with van der Waals surface area (Å²) in [5.74, 6) is 0.600. The topological polar surface area (TPSA) is 58.2 Å². The van der Waals surface area contributed by atoms with Crippen LogP contribution < -0.4 is 10.0 Å². The fraction of sp³-hybridized carbons (Fsp3) is 0.500. The maximum Gasteiger partial charge on any atom is 0.211 e. The third-order valence-electron chi connectivity index (χ3n) is 5.97. The molecule has 2 aromatic carbocycles. The van der Waals surface area contributed by atoms with E-state index in [4.69, 9.17) is 11.6 Å². The van der Waals surface area contributed by atoms with Gasteiger partial charge < -0.3 is 5.32 Å². The Hall–Kier alpha value is -1.11. The Labute approximate surface area is 198 Å². The van der Waals surface area contributed by atoms with Crippen molar-refractivity contribution in [2.45, 2.75) is 57.4 Å². The fourth-order valence-electron chi connectivity index (χ4n) is 4.48. The molecule has 0 radical (unpaired) electrons. The summed E-state index contributed by atoms with van der Waals surface area (Å²) in [7, 11) is -1.08. The lowest BCUT2D eigenvalue weighted by Gasteiger charge is -2.34. The second kappa shape index (κ2) is 12.2. The second-order valence-electron chi connectivity index (χ2n) is 8.22. The van der Waals surface area contributed by atoms with Gasteiger partial charge in [-0.1, -0.05) is 48.9 Å². The first-order valence-corrected chi connectivity index (χ1v) is 13.0. The smallest absolute Gasteiger partial charge is 0.211 e. The minimum Gasteiger partial charge on any atom is -0.316 e. The molecule has 7 heteroatoms. The van der Waals surface area contributed by atoms with E-state index in [2.05, 4.69) is 40.4 Å². The molecule has 3 rings (SSSR count). The molecular weight excluding hydrogens is 451 g/mol. The van der Waals surface area contributed by atoms with Gasteiger partial charge in [-0.05, 0) is 80.0 Å². The number of aryl methyl sites for hydroxylation is 2. The van der Waals surface area contributed by atoms with Gasteiger partial charge in [0, 0.05) is 23.5 Å². The van der Waals surface area contributed by atoms with E-state index in [9.17, 15) is 8.42 Å². The van der Waals surface area contributed by atoms with Crippen molar-refractivity contribution in [2.24, 2.45) is 0 Å². The average molecular weight is 486 g/mol. The first kappa shape index (κ1) is 26.1. The molecule has 0 spiro atoms. The van der Waals surface area contributed by atoms with Gasteiger partial charge in [0.25, 0.3) is 0 Å². The van der Waals surface area contributed by atoms with Crippen LogP contribution >= 0.6 is 24.0 Å². The Bertz CT molecular complexity index is 950. The van der Waals surface area contributed by atoms with Crippen molar-refractivity contribution in [3.05, 3.63) is 69.7 Å². The summed E-state index contributed by atoms with van der Waals surface area (Å²) in [6, 6.07) is 15.4. The van der Waals surface area contributed by atoms with Crippen LogP contribution in [0.15, 0.2) is 42.5 Å². The molecule has 0 bridgehead atoms. The molecule has 1 aliphatic carbocycles. The lowest BCUT2D eigenvalue weighted by Crippen LogP contribution is -2.37. The summed E-state index contributed by atoms with van der Waals surface area (Å²) in [6.07, 6.45) is 5.49. The van der Waals surface area contributed by atoms with Crippen molar-refractivity contribution >= 4 is 34.0 Å². The monoisotopic (exact) mass is 484 g/mol. The van der Waals surface area contributed by atoms with Gasteiger partial charge in [0.2, 0.25) is 10.0 Å². The van der Waals surface area contributed by atoms with Crippen molar-refractivity contribution in [1.29, 1.82) is 0 Å². The summed E-state index contributed by atoms with van der Waals surface area (Å²) in [4.78, 5) is 0. The van der Waals surface area contributed by atoms with Gasteiger partial charge in [0.1, 0.15) is 0 Å². The molecule has 0 fully saturated rings. The molecule has 1 aliphatic rings. The van der Waals surface area contributed by atoms with Gasteiger partial charge in [0.05, 0.1) is 5.75 Å². The molecule has 2 atom stereocenters. The molecule has 4 nitrogen and oxygen atoms in total. The van der Waals surface area contributed by atoms with Crippen LogP contribution in [0.1, 0.15) is 54.4 Å². The van der Waals surface area contributed by atoms with Gasteiger partial charge in [0.15, 0.2) is 0 Å². The summed E-state index contributed by atoms with van der Waals surface area (Å²) in [5.41, 5.74) is 5.39. The van der Waals surface area contributed by atoms with E-state index in [1.165, 1.54) is 22.3 Å². The number of benzene rings is 2. The molecule has 0 aromatic heterocycles. The van der Waals surface area contributed by atoms with E-state index < -0.39 is 10.0 Å². The highest BCUT2D eigenvalue weighted by molar-refractivity contribution is 7.89. The largest absolute Gasteiger partial charge is 0.316 e. The first-order chi connectivity index (χ1) is 14.4. The minimum absolute atomic E-state index is 0. The molecule has 0 heterocycles. The number of likely N-dealkylation sites (N-methyl/N-ethyl adjacent to an activating group) is 1. The molecular formula is C24H34Cl2N2O2S. The summed E-state index contributed by atoms with van der Waals surface area (Å²) in [5, 5.41) is 4.30. The number of nitrogens with one attached hydrogen (secondary N) is 2. The molecule has 172 valence electrons. The summed E-state index contributed by atoms with van der Waals surface area (Å²) in [6.45, 7) is 2.37. The number of halogens is 2. The number of hydrogen-bond donors (Lipinski definition) is 2. The molecule has 0 saturated carbocycles. The van der Waals surface area contributed by atoms with Crippen LogP contribution in [0.4, 0.5) is 0 Å². The number of sulfonamides is 1. The number of hydrogen-bond acceptors (Lipinski definition) is 3. The second-order valence-corrected chi connectivity index (χ2v) is 10.6. The Morgan fingerprint density at radius 1 is 1.13 bits per heavy atom. The zero-order valence-electron chi connectivity index (χ0n) is 18.4. The van der Waals surface area contributed by atoms with Crippen molar-refractivity contribution in [3.8, 4) is 0 Å². The zero-order valence-corrected chi connectivity index (χ0v) is 20.8. The predicted molar refractivity (Wildman–Crippen MR) is 133 cm³/mol. The van der Waals surface area contributed by atoms with Crippen molar-refractivity contribution in [2.75, 3.05) is 19.3 Å². The van der Waals surface area contributed by atoms with E-state index >= 15 is 0 Å². The highest BCUT2D eigenvalue weighted by atomic mass is 35.5. The molecule has 2 unspecified atom stereocenters. The van der Waals surface area contributed by atoms with Crippen LogP contribution in [0, 0.1) is 0 Å². The van der Waals surface area contributed by atoms with Crippen LogP contribution in [-0.2, 0) is 29.3 Å². The Balaban J connectivity index is 0.00000341. The molecule has 0 amide bonds. The Kier molecular flexibility index (Phi) is 10.3. The first-order valence-electron chi connectivity index (χ1n) is 10.9. The van der Waals surface area contributed by atoms with Crippen molar-refractivity contribution in [3.63, 3.8) is 0 Å². The normalized spacial score (nSPS) is 18.3. The van der Waals surface area contributed by atoms with Gasteiger partial charge in [-0.2, -0.15) is 0 Å². The van der Waals surface area contributed by atoms with Crippen molar-refractivity contribution < 1.29 is 8.42 Å². The Morgan fingerprint density at radius 3 is 2.65 bits per heavy atom. The third-order valence-corrected chi connectivity index (χ3v) is 7.80. The van der Waals surface area contributed by atoms with Crippen LogP contribution in [-0.4, -0.2) is 33.8 Å². The zero-order chi connectivity index (χ0) is 21.6. The Morgan fingerprint density at radius 2 is 1.94 bits per heavy atom. The molecule has 31 heavy (non-hydrogen) atoms. The molecule has 2 N–H and O–H groups in total. The van der Waals surface area contributed by atoms with E-state index in [0.717, 1.165) is 37.1 Å². The van der Waals surface area contributed by atoms with Crippen LogP contribution in [0.25, 0.3) is 0 Å². The number of fused-ring (bicyclic) bond motifs is 1. The molecule has 0 aliphatic heterocycles. The summed E-state index contributed by atoms with van der Waals surface area (Å²) < 4.78 is 26.3. The van der Waals surface area contributed by atoms with Gasteiger partial charge in [-0.15, -0.1) is 12.4 Å². The third kappa shape index (κ3) is 7.47. The van der Waals surface area contributed by atoms with Gasteiger partial charge >= 0.3 is 0 Å². The van der Waals surface area contributed by atoms with Crippen molar-refractivity contribution in [1.82, 2.24) is 10.0 Å². The quantitative estimate of drug-likeness (QED) is 0.472. The fourth-order valence-corrected chi connectivity index (χ4v) is 5.83. The molecule has 2 aromatic rings. The summed E-state index contributed by atoms with van der Waals surface area (Å²) >= 11 is 6.22. The van der Waals surface area contributed by atoms with Crippen LogP contribution in [0.2, 0.25) is 5.02 Å². The lowest BCUT2D eigenvalue weighted by atomic mass is 9.75. The SMILES string of the molecule is CCCS(=O)(=O)NCCCc1ccc2c(c1)C(Cc1cccc(Cl)c1)C(NC)CC2.Cl. The van der Waals surface area contributed by atoms with Gasteiger partial charge in [-0.25, -0.2) is 13.1 Å². The predicted octanol–water partition coefficient (Wildman–Crippen LogP) is 4.88. The number of rotatable bonds is 10. The standard InChI is InChI=1S/C24H33ClN2O2S.ClH/c1-3-14-30(28,29)27-13-5-7-18-9-10-20-11-12-24(26-2)23(22(20)16-18)17-19-6-4-8-21(25)15-19;/h4,6,8-10,15-16,23-24,26-27H,3,5,7,11-14,17H2,1-2H3;1H. The molecule has 0 saturated heterocycles.